The number of piperidine rings is 1. The largest absolute Gasteiger partial charge is 0.508 e. The maximum Gasteiger partial charge on any atom is 0.249 e. The molecule has 0 radical (unpaired) electrons. The molecule has 6 rings (SSSR count). The third-order valence-electron chi connectivity index (χ3n) is 8.61. The average molecular weight is 517 g/mol. The molecule has 0 saturated carbocycles. The van der Waals surface area contributed by atoms with E-state index in [-0.39, 0.29) is 24.1 Å². The summed E-state index contributed by atoms with van der Waals surface area (Å²) in [6, 6.07) is 12.4. The molecular weight excluding hydrogens is 480 g/mol. The number of hydrogen-bond acceptors (Lipinski definition) is 5. The summed E-state index contributed by atoms with van der Waals surface area (Å²) in [5, 5.41) is 11.3. The predicted molar refractivity (Wildman–Crippen MR) is 145 cm³/mol. The first-order valence-electron chi connectivity index (χ1n) is 13.7. The van der Waals surface area contributed by atoms with E-state index in [9.17, 15) is 14.7 Å². The van der Waals surface area contributed by atoms with Crippen LogP contribution in [0.1, 0.15) is 55.5 Å². The van der Waals surface area contributed by atoms with Crippen molar-refractivity contribution in [2.45, 2.75) is 50.6 Å². The summed E-state index contributed by atoms with van der Waals surface area (Å²) >= 11 is 0. The quantitative estimate of drug-likeness (QED) is 0.520. The Bertz CT molecular complexity index is 1380. The number of nitrogens with zero attached hydrogens (tertiary/aromatic N) is 3. The fourth-order valence-corrected chi connectivity index (χ4v) is 6.75. The molecule has 8 nitrogen and oxygen atoms in total. The van der Waals surface area contributed by atoms with Crippen LogP contribution >= 0.6 is 0 Å². The van der Waals surface area contributed by atoms with E-state index in [0.717, 1.165) is 59.5 Å². The van der Waals surface area contributed by atoms with Gasteiger partial charge in [0.1, 0.15) is 17.0 Å². The number of benzene rings is 2. The highest BCUT2D eigenvalue weighted by molar-refractivity contribution is 6.00. The molecule has 2 N–H and O–H groups in total. The van der Waals surface area contributed by atoms with Gasteiger partial charge in [0.25, 0.3) is 0 Å². The van der Waals surface area contributed by atoms with E-state index in [1.54, 1.807) is 35.1 Å². The second kappa shape index (κ2) is 9.66. The number of piperazine rings is 1. The molecule has 3 aliphatic heterocycles. The second-order valence-corrected chi connectivity index (χ2v) is 11.1. The number of fused-ring (bicyclic) bond motifs is 4. The number of carbonyl (C=O) groups excluding carboxylic acids is 2. The van der Waals surface area contributed by atoms with Crippen LogP contribution in [0.5, 0.6) is 11.5 Å². The minimum atomic E-state index is -1.04. The number of aromatic hydroxyl groups is 1. The summed E-state index contributed by atoms with van der Waals surface area (Å²) in [6.45, 7) is 5.76. The molecule has 3 aromatic rings. The summed E-state index contributed by atoms with van der Waals surface area (Å²) in [5.41, 5.74) is 2.57. The standard InChI is InChI=1S/C30H36N4O4/c1-30-18-24-23-17-22(38-2)10-11-25(23)31-27(24)28(20-8-6-9-21(35)16-20)34(30)26(36)19-33(29(30)37)15-7-14-32-12-4-3-5-13-32/h6,8-11,16-17,28,31,35H,3-5,7,12-15,18-19H2,1-2H3/t28-,30+/m1/s1. The molecule has 200 valence electrons. The Balaban J connectivity index is 1.38. The van der Waals surface area contributed by atoms with Crippen molar-refractivity contribution in [2.24, 2.45) is 0 Å². The number of methoxy groups -OCH3 is 1. The zero-order valence-electron chi connectivity index (χ0n) is 22.2. The summed E-state index contributed by atoms with van der Waals surface area (Å²) in [4.78, 5) is 37.6. The molecule has 0 bridgehead atoms. The van der Waals surface area contributed by atoms with Gasteiger partial charge in [-0.3, -0.25) is 9.59 Å². The van der Waals surface area contributed by atoms with Gasteiger partial charge >= 0.3 is 0 Å². The van der Waals surface area contributed by atoms with Gasteiger partial charge in [0.15, 0.2) is 0 Å². The smallest absolute Gasteiger partial charge is 0.249 e. The summed E-state index contributed by atoms with van der Waals surface area (Å²) in [7, 11) is 1.64. The Morgan fingerprint density at radius 2 is 1.89 bits per heavy atom. The number of carbonyl (C=O) groups is 2. The Kier molecular flexibility index (Phi) is 6.30. The van der Waals surface area contributed by atoms with E-state index >= 15 is 0 Å². The highest BCUT2D eigenvalue weighted by Gasteiger charge is 2.55. The molecule has 2 saturated heterocycles. The van der Waals surface area contributed by atoms with Gasteiger partial charge in [-0.2, -0.15) is 0 Å². The Morgan fingerprint density at radius 3 is 2.66 bits per heavy atom. The van der Waals surface area contributed by atoms with Crippen molar-refractivity contribution in [1.82, 2.24) is 19.7 Å². The Labute approximate surface area is 223 Å². The molecule has 2 aromatic carbocycles. The number of phenols is 1. The number of likely N-dealkylation sites (tertiary alicyclic amines) is 1. The van der Waals surface area contributed by atoms with Crippen molar-refractivity contribution in [3.05, 3.63) is 59.3 Å². The van der Waals surface area contributed by atoms with Crippen LogP contribution in [0.4, 0.5) is 0 Å². The van der Waals surface area contributed by atoms with E-state index < -0.39 is 11.6 Å². The lowest BCUT2D eigenvalue weighted by molar-refractivity contribution is -0.167. The minimum Gasteiger partial charge on any atom is -0.508 e. The number of ether oxygens (including phenoxy) is 1. The average Bonchev–Trinajstić information content (AvgIpc) is 3.28. The van der Waals surface area contributed by atoms with Crippen LogP contribution in [0.15, 0.2) is 42.5 Å². The Morgan fingerprint density at radius 1 is 1.08 bits per heavy atom. The monoisotopic (exact) mass is 516 g/mol. The molecule has 2 atom stereocenters. The van der Waals surface area contributed by atoms with Crippen LogP contribution in [0.25, 0.3) is 10.9 Å². The zero-order chi connectivity index (χ0) is 26.4. The first-order chi connectivity index (χ1) is 18.4. The van der Waals surface area contributed by atoms with Crippen LogP contribution in [0.3, 0.4) is 0 Å². The SMILES string of the molecule is COc1ccc2[nH]c3c(c2c1)C[C@@]1(C)C(=O)N(CCCN2CCCCC2)CC(=O)N1[C@@H]3c1cccc(O)c1. The van der Waals surface area contributed by atoms with Crippen molar-refractivity contribution in [2.75, 3.05) is 39.8 Å². The third kappa shape index (κ3) is 4.11. The molecule has 0 aliphatic carbocycles. The van der Waals surface area contributed by atoms with Crippen LogP contribution < -0.4 is 4.74 Å². The molecule has 3 aliphatic rings. The number of phenolic OH excluding ortho intramolecular Hbond substituents is 1. The maximum absolute atomic E-state index is 14.2. The molecule has 0 spiro atoms. The number of H-pyrrole nitrogens is 1. The third-order valence-corrected chi connectivity index (χ3v) is 8.61. The fourth-order valence-electron chi connectivity index (χ4n) is 6.75. The van der Waals surface area contributed by atoms with Crippen LogP contribution in [-0.2, 0) is 16.0 Å². The number of nitrogens with one attached hydrogen (secondary N) is 1. The first kappa shape index (κ1) is 24.8. The number of amides is 2. The van der Waals surface area contributed by atoms with Crippen molar-refractivity contribution < 1.29 is 19.4 Å². The van der Waals surface area contributed by atoms with E-state index in [1.807, 2.05) is 31.2 Å². The second-order valence-electron chi connectivity index (χ2n) is 11.1. The molecule has 8 heteroatoms. The zero-order valence-corrected chi connectivity index (χ0v) is 22.2. The van der Waals surface area contributed by atoms with Gasteiger partial charge in [-0.25, -0.2) is 0 Å². The molecule has 2 amide bonds. The predicted octanol–water partition coefficient (Wildman–Crippen LogP) is 3.83. The summed E-state index contributed by atoms with van der Waals surface area (Å²) in [6.07, 6.45) is 5.05. The van der Waals surface area contributed by atoms with E-state index in [2.05, 4.69) is 9.88 Å². The first-order valence-corrected chi connectivity index (χ1v) is 13.7. The van der Waals surface area contributed by atoms with Gasteiger partial charge in [-0.1, -0.05) is 18.6 Å². The van der Waals surface area contributed by atoms with Crippen molar-refractivity contribution in [3.63, 3.8) is 0 Å². The van der Waals surface area contributed by atoms with Crippen LogP contribution in [0.2, 0.25) is 0 Å². The number of rotatable bonds is 6. The topological polar surface area (TPSA) is 89.1 Å². The summed E-state index contributed by atoms with van der Waals surface area (Å²) in [5.74, 6) is 0.791. The Hall–Kier alpha value is -3.52. The lowest BCUT2D eigenvalue weighted by Gasteiger charge is -2.53. The molecule has 4 heterocycles. The van der Waals surface area contributed by atoms with Crippen molar-refractivity contribution in [1.29, 1.82) is 0 Å². The van der Waals surface area contributed by atoms with E-state index in [1.165, 1.54) is 19.3 Å². The van der Waals surface area contributed by atoms with Gasteiger partial charge in [0, 0.05) is 29.6 Å². The molecule has 0 unspecified atom stereocenters. The maximum atomic E-state index is 14.2. The van der Waals surface area contributed by atoms with Gasteiger partial charge in [0.05, 0.1) is 19.7 Å². The number of aromatic nitrogens is 1. The highest BCUT2D eigenvalue weighted by atomic mass is 16.5. The fraction of sp³-hybridized carbons (Fsp3) is 0.467. The van der Waals surface area contributed by atoms with Gasteiger partial charge < -0.3 is 29.5 Å². The van der Waals surface area contributed by atoms with Gasteiger partial charge in [-0.05, 0) is 87.3 Å². The van der Waals surface area contributed by atoms with Gasteiger partial charge in [0.2, 0.25) is 11.8 Å². The molecular formula is C30H36N4O4. The summed E-state index contributed by atoms with van der Waals surface area (Å²) < 4.78 is 5.50. The van der Waals surface area contributed by atoms with E-state index in [0.29, 0.717) is 13.0 Å². The van der Waals surface area contributed by atoms with Gasteiger partial charge in [-0.15, -0.1) is 0 Å². The normalized spacial score (nSPS) is 24.0. The lowest BCUT2D eigenvalue weighted by Crippen LogP contribution is -2.69. The van der Waals surface area contributed by atoms with Crippen molar-refractivity contribution in [3.8, 4) is 11.5 Å². The molecule has 1 aromatic heterocycles. The van der Waals surface area contributed by atoms with Crippen LogP contribution in [0, 0.1) is 0 Å². The van der Waals surface area contributed by atoms with Crippen molar-refractivity contribution >= 4 is 22.7 Å². The minimum absolute atomic E-state index is 0.0104. The number of hydrogen-bond donors (Lipinski definition) is 2. The molecule has 38 heavy (non-hydrogen) atoms. The highest BCUT2D eigenvalue weighted by Crippen LogP contribution is 2.47. The lowest BCUT2D eigenvalue weighted by atomic mass is 9.78. The van der Waals surface area contributed by atoms with E-state index in [4.69, 9.17) is 4.74 Å². The molecule has 2 fully saturated rings. The number of aromatic amines is 1. The van der Waals surface area contributed by atoms with Crippen LogP contribution in [-0.4, -0.2) is 82.0 Å².